The molecule has 1 N–H and O–H groups in total. The minimum absolute atomic E-state index is 0.00141. The number of rotatable bonds is 2. The van der Waals surface area contributed by atoms with Crippen LogP contribution in [0.4, 0.5) is 0 Å². The fraction of sp³-hybridized carbons (Fsp3) is 0.500. The summed E-state index contributed by atoms with van der Waals surface area (Å²) in [5, 5.41) is 3.19. The van der Waals surface area contributed by atoms with Crippen LogP contribution in [0.5, 0.6) is 0 Å². The zero-order valence-corrected chi connectivity index (χ0v) is 13.1. The number of nitrogens with zero attached hydrogens (tertiary/aromatic N) is 1. The zero-order chi connectivity index (χ0) is 13.4. The number of amides is 1. The van der Waals surface area contributed by atoms with Crippen molar-refractivity contribution in [2.45, 2.75) is 36.2 Å². The molecule has 0 aliphatic carbocycles. The largest absolute Gasteiger partial charge is 0.348 e. The van der Waals surface area contributed by atoms with Gasteiger partial charge in [-0.1, -0.05) is 0 Å². The first-order valence-corrected chi connectivity index (χ1v) is 7.92. The lowest BCUT2D eigenvalue weighted by Gasteiger charge is -2.21. The van der Waals surface area contributed by atoms with Crippen LogP contribution in [-0.4, -0.2) is 36.0 Å². The van der Waals surface area contributed by atoms with Crippen LogP contribution in [0.2, 0.25) is 0 Å². The summed E-state index contributed by atoms with van der Waals surface area (Å²) in [7, 11) is 0. The summed E-state index contributed by atoms with van der Waals surface area (Å²) >= 11 is 7.73. The maximum Gasteiger partial charge on any atom is 0.252 e. The first-order chi connectivity index (χ1) is 9.15. The van der Waals surface area contributed by atoms with E-state index in [2.05, 4.69) is 38.8 Å². The van der Waals surface area contributed by atoms with E-state index < -0.39 is 0 Å². The Hall–Kier alpha value is -0.520. The third-order valence-electron chi connectivity index (χ3n) is 4.12. The summed E-state index contributed by atoms with van der Waals surface area (Å²) in [6.07, 6.45) is 3.53. The monoisotopic (exact) mass is 340 g/mol. The van der Waals surface area contributed by atoms with Crippen molar-refractivity contribution in [2.75, 3.05) is 13.1 Å². The van der Waals surface area contributed by atoms with Crippen molar-refractivity contribution in [2.24, 2.45) is 0 Å². The van der Waals surface area contributed by atoms with Gasteiger partial charge in [-0.2, -0.15) is 0 Å². The van der Waals surface area contributed by atoms with E-state index in [9.17, 15) is 4.79 Å². The molecule has 5 heteroatoms. The van der Waals surface area contributed by atoms with Crippen LogP contribution in [-0.2, 0) is 0 Å². The number of nitrogens with one attached hydrogen (secondary N) is 1. The van der Waals surface area contributed by atoms with Gasteiger partial charge in [-0.05, 0) is 59.9 Å². The maximum absolute atomic E-state index is 12.4. The first-order valence-electron chi connectivity index (χ1n) is 6.68. The molecule has 1 amide bonds. The number of thiol groups is 1. The SMILES string of the molecule is O=C(NC1CCN2CCCC12)c1cc(S)ccc1Br. The highest BCUT2D eigenvalue weighted by molar-refractivity contribution is 9.10. The maximum atomic E-state index is 12.4. The van der Waals surface area contributed by atoms with Gasteiger partial charge in [0.25, 0.3) is 5.91 Å². The molecule has 1 aromatic rings. The predicted octanol–water partition coefficient (Wildman–Crippen LogP) is 2.70. The second kappa shape index (κ2) is 5.46. The molecule has 102 valence electrons. The van der Waals surface area contributed by atoms with Crippen molar-refractivity contribution in [3.05, 3.63) is 28.2 Å². The van der Waals surface area contributed by atoms with E-state index in [1.807, 2.05) is 18.2 Å². The predicted molar refractivity (Wildman–Crippen MR) is 81.9 cm³/mol. The Morgan fingerprint density at radius 1 is 1.37 bits per heavy atom. The number of carbonyl (C=O) groups excluding carboxylic acids is 1. The van der Waals surface area contributed by atoms with E-state index in [-0.39, 0.29) is 5.91 Å². The molecule has 2 saturated heterocycles. The summed E-state index contributed by atoms with van der Waals surface area (Å²) in [6.45, 7) is 2.30. The molecule has 1 aromatic carbocycles. The van der Waals surface area contributed by atoms with Gasteiger partial charge in [0.05, 0.1) is 5.56 Å². The molecule has 0 radical (unpaired) electrons. The number of halogens is 1. The van der Waals surface area contributed by atoms with Gasteiger partial charge in [0.15, 0.2) is 0 Å². The molecule has 2 aliphatic rings. The highest BCUT2D eigenvalue weighted by Gasteiger charge is 2.37. The summed E-state index contributed by atoms with van der Waals surface area (Å²) < 4.78 is 0.823. The van der Waals surface area contributed by atoms with Crippen molar-refractivity contribution in [3.63, 3.8) is 0 Å². The number of benzene rings is 1. The highest BCUT2D eigenvalue weighted by Crippen LogP contribution is 2.28. The first kappa shape index (κ1) is 13.5. The van der Waals surface area contributed by atoms with Crippen molar-refractivity contribution in [3.8, 4) is 0 Å². The Kier molecular flexibility index (Phi) is 3.87. The van der Waals surface area contributed by atoms with E-state index in [1.165, 1.54) is 19.4 Å². The molecule has 2 unspecified atom stereocenters. The molecule has 3 nitrogen and oxygen atoms in total. The van der Waals surface area contributed by atoms with Crippen molar-refractivity contribution < 1.29 is 4.79 Å². The highest BCUT2D eigenvalue weighted by atomic mass is 79.9. The average Bonchev–Trinajstić information content (AvgIpc) is 2.97. The molecule has 2 fully saturated rings. The lowest BCUT2D eigenvalue weighted by Crippen LogP contribution is -2.42. The van der Waals surface area contributed by atoms with Gasteiger partial charge in [0.2, 0.25) is 0 Å². The summed E-state index contributed by atoms with van der Waals surface area (Å²) in [5.74, 6) is 0.00141. The molecule has 0 aromatic heterocycles. The van der Waals surface area contributed by atoms with Gasteiger partial charge >= 0.3 is 0 Å². The Morgan fingerprint density at radius 2 is 2.21 bits per heavy atom. The number of hydrogen-bond donors (Lipinski definition) is 2. The molecule has 0 saturated carbocycles. The fourth-order valence-corrected chi connectivity index (χ4v) is 3.81. The third kappa shape index (κ3) is 2.69. The van der Waals surface area contributed by atoms with E-state index in [0.29, 0.717) is 17.6 Å². The van der Waals surface area contributed by atoms with Crippen molar-refractivity contribution >= 4 is 34.5 Å². The Balaban J connectivity index is 1.73. The van der Waals surface area contributed by atoms with Gasteiger partial charge in [-0.25, -0.2) is 0 Å². The second-order valence-corrected chi connectivity index (χ2v) is 6.65. The quantitative estimate of drug-likeness (QED) is 0.811. The van der Waals surface area contributed by atoms with Crippen molar-refractivity contribution in [1.82, 2.24) is 10.2 Å². The van der Waals surface area contributed by atoms with Gasteiger partial charge in [0.1, 0.15) is 0 Å². The number of fused-ring (bicyclic) bond motifs is 1. The molecule has 19 heavy (non-hydrogen) atoms. The van der Waals surface area contributed by atoms with E-state index in [4.69, 9.17) is 0 Å². The molecule has 3 rings (SSSR count). The van der Waals surface area contributed by atoms with Crippen LogP contribution in [0.3, 0.4) is 0 Å². The van der Waals surface area contributed by atoms with Crippen LogP contribution in [0, 0.1) is 0 Å². The molecule has 0 bridgehead atoms. The summed E-state index contributed by atoms with van der Waals surface area (Å²) in [6, 6.07) is 6.39. The Bertz CT molecular complexity index is 508. The third-order valence-corrected chi connectivity index (χ3v) is 5.09. The van der Waals surface area contributed by atoms with Crippen LogP contribution in [0.25, 0.3) is 0 Å². The number of carbonyl (C=O) groups is 1. The Morgan fingerprint density at radius 3 is 3.05 bits per heavy atom. The smallest absolute Gasteiger partial charge is 0.252 e. The van der Waals surface area contributed by atoms with Gasteiger partial charge < -0.3 is 5.32 Å². The van der Waals surface area contributed by atoms with Crippen molar-refractivity contribution in [1.29, 1.82) is 0 Å². The van der Waals surface area contributed by atoms with E-state index in [1.54, 1.807) is 0 Å². The molecule has 2 atom stereocenters. The molecule has 2 aliphatic heterocycles. The number of hydrogen-bond acceptors (Lipinski definition) is 3. The molecule has 0 spiro atoms. The molecular weight excluding hydrogens is 324 g/mol. The average molecular weight is 341 g/mol. The minimum Gasteiger partial charge on any atom is -0.348 e. The topological polar surface area (TPSA) is 32.3 Å². The van der Waals surface area contributed by atoms with Crippen LogP contribution >= 0.6 is 28.6 Å². The van der Waals surface area contributed by atoms with Crippen LogP contribution < -0.4 is 5.32 Å². The zero-order valence-electron chi connectivity index (χ0n) is 10.6. The normalized spacial score (nSPS) is 26.4. The Labute approximate surface area is 127 Å². The lowest BCUT2D eigenvalue weighted by molar-refractivity contribution is 0.0928. The fourth-order valence-electron chi connectivity index (χ4n) is 3.18. The summed E-state index contributed by atoms with van der Waals surface area (Å²) in [5.41, 5.74) is 0.670. The van der Waals surface area contributed by atoms with Crippen LogP contribution in [0.15, 0.2) is 27.6 Å². The van der Waals surface area contributed by atoms with E-state index in [0.717, 1.165) is 22.3 Å². The standard InChI is InChI=1S/C14H17BrN2OS/c15-11-4-3-9(19)8-10(11)14(18)16-12-5-7-17-6-1-2-13(12)17/h3-4,8,12-13,19H,1-2,5-7H2,(H,16,18). The summed E-state index contributed by atoms with van der Waals surface area (Å²) in [4.78, 5) is 15.7. The minimum atomic E-state index is 0.00141. The lowest BCUT2D eigenvalue weighted by atomic mass is 10.1. The van der Waals surface area contributed by atoms with Crippen LogP contribution in [0.1, 0.15) is 29.6 Å². The van der Waals surface area contributed by atoms with Gasteiger partial charge in [-0.15, -0.1) is 12.6 Å². The second-order valence-electron chi connectivity index (χ2n) is 5.28. The molecular formula is C14H17BrN2OS. The van der Waals surface area contributed by atoms with Gasteiger partial charge in [-0.3, -0.25) is 9.69 Å². The van der Waals surface area contributed by atoms with Gasteiger partial charge in [0, 0.05) is 28.0 Å². The van der Waals surface area contributed by atoms with E-state index >= 15 is 0 Å². The molecule has 2 heterocycles.